The minimum absolute atomic E-state index is 0.0764. The molecule has 0 saturated carbocycles. The summed E-state index contributed by atoms with van der Waals surface area (Å²) in [5.41, 5.74) is 1.32. The van der Waals surface area contributed by atoms with Gasteiger partial charge in [-0.3, -0.25) is 10.1 Å². The highest BCUT2D eigenvalue weighted by molar-refractivity contribution is 7.89. The van der Waals surface area contributed by atoms with Crippen LogP contribution in [0.25, 0.3) is 6.08 Å². The summed E-state index contributed by atoms with van der Waals surface area (Å²) >= 11 is 0. The lowest BCUT2D eigenvalue weighted by molar-refractivity contribution is -0.384. The number of hydrogen-bond donors (Lipinski definition) is 0. The maximum atomic E-state index is 14.0. The summed E-state index contributed by atoms with van der Waals surface area (Å²) in [6, 6.07) is 24.6. The van der Waals surface area contributed by atoms with Gasteiger partial charge in [0, 0.05) is 12.1 Å². The van der Waals surface area contributed by atoms with Crippen LogP contribution in [0.15, 0.2) is 119 Å². The van der Waals surface area contributed by atoms with E-state index in [1.54, 1.807) is 36.4 Å². The SMILES string of the molecule is Cc1ccc(/C=C/C(=Nc2ccc(C(F)(F)F)cc2)N(Cc2ccccc2)S(=O)(=O)c2ccc([N+](=O)[O-])cc2)cc1. The van der Waals surface area contributed by atoms with Crippen LogP contribution in [0.5, 0.6) is 0 Å². The largest absolute Gasteiger partial charge is 0.416 e. The van der Waals surface area contributed by atoms with E-state index in [-0.39, 0.29) is 28.7 Å². The van der Waals surface area contributed by atoms with E-state index in [2.05, 4.69) is 4.99 Å². The van der Waals surface area contributed by atoms with Crippen molar-refractivity contribution >= 4 is 33.3 Å². The molecule has 4 aromatic rings. The summed E-state index contributed by atoms with van der Waals surface area (Å²) in [6.07, 6.45) is -1.44. The molecule has 0 N–H and O–H groups in total. The molecule has 7 nitrogen and oxygen atoms in total. The molecule has 0 atom stereocenters. The average Bonchev–Trinajstić information content (AvgIpc) is 2.95. The molecule has 11 heteroatoms. The molecular weight excluding hydrogens is 555 g/mol. The van der Waals surface area contributed by atoms with Gasteiger partial charge in [-0.1, -0.05) is 66.2 Å². The number of hydrogen-bond acceptors (Lipinski definition) is 5. The maximum Gasteiger partial charge on any atom is 0.416 e. The van der Waals surface area contributed by atoms with Crippen LogP contribution in [0, 0.1) is 17.0 Å². The van der Waals surface area contributed by atoms with Gasteiger partial charge >= 0.3 is 6.18 Å². The Morgan fingerprint density at radius 3 is 2.07 bits per heavy atom. The lowest BCUT2D eigenvalue weighted by Crippen LogP contribution is -2.35. The van der Waals surface area contributed by atoms with Crippen molar-refractivity contribution in [2.75, 3.05) is 0 Å². The molecule has 4 aromatic carbocycles. The summed E-state index contributed by atoms with van der Waals surface area (Å²) in [5, 5.41) is 11.1. The summed E-state index contributed by atoms with van der Waals surface area (Å²) in [7, 11) is -4.35. The van der Waals surface area contributed by atoms with Crippen molar-refractivity contribution in [2.24, 2.45) is 4.99 Å². The fourth-order valence-electron chi connectivity index (χ4n) is 3.79. The molecular formula is C30H24F3N3O4S. The second kappa shape index (κ2) is 12.2. The average molecular weight is 580 g/mol. The molecule has 0 amide bonds. The molecule has 0 aliphatic carbocycles. The van der Waals surface area contributed by atoms with Crippen LogP contribution >= 0.6 is 0 Å². The summed E-state index contributed by atoms with van der Waals surface area (Å²) < 4.78 is 68.4. The molecule has 0 aliphatic rings. The van der Waals surface area contributed by atoms with Crippen molar-refractivity contribution in [3.8, 4) is 0 Å². The first-order chi connectivity index (χ1) is 19.4. The predicted molar refractivity (Wildman–Crippen MR) is 151 cm³/mol. The van der Waals surface area contributed by atoms with Gasteiger partial charge in [-0.15, -0.1) is 0 Å². The summed E-state index contributed by atoms with van der Waals surface area (Å²) in [5.74, 6) is -0.0764. The number of sulfonamides is 1. The Morgan fingerprint density at radius 1 is 0.902 bits per heavy atom. The lowest BCUT2D eigenvalue weighted by atomic mass is 10.1. The monoisotopic (exact) mass is 579 g/mol. The van der Waals surface area contributed by atoms with Crippen LogP contribution in [0.4, 0.5) is 24.5 Å². The van der Waals surface area contributed by atoms with E-state index in [0.717, 1.165) is 64.0 Å². The highest BCUT2D eigenvalue weighted by atomic mass is 32.2. The standard InChI is InChI=1S/C30H24F3N3O4S/c1-22-7-9-23(10-8-22)11-20-29(34-26-14-12-25(13-15-26)30(31,32)33)35(21-24-5-3-2-4-6-24)41(39,40)28-18-16-27(17-19-28)36(37)38/h2-20H,21H2,1H3/b20-11+,34-29?. The van der Waals surface area contributed by atoms with E-state index in [4.69, 9.17) is 0 Å². The van der Waals surface area contributed by atoms with Gasteiger partial charge in [0.25, 0.3) is 15.7 Å². The molecule has 41 heavy (non-hydrogen) atoms. The summed E-state index contributed by atoms with van der Waals surface area (Å²) in [4.78, 5) is 14.7. The highest BCUT2D eigenvalue weighted by Crippen LogP contribution is 2.31. The zero-order chi connectivity index (χ0) is 29.6. The molecule has 0 spiro atoms. The number of alkyl halides is 3. The minimum Gasteiger partial charge on any atom is -0.258 e. The van der Waals surface area contributed by atoms with Gasteiger partial charge in [0.2, 0.25) is 0 Å². The van der Waals surface area contributed by atoms with Crippen molar-refractivity contribution < 1.29 is 26.5 Å². The van der Waals surface area contributed by atoms with E-state index in [9.17, 15) is 31.7 Å². The van der Waals surface area contributed by atoms with Gasteiger partial charge in [0.15, 0.2) is 0 Å². The Hall–Kier alpha value is -4.77. The van der Waals surface area contributed by atoms with E-state index in [1.165, 1.54) is 6.08 Å². The van der Waals surface area contributed by atoms with Crippen LogP contribution in [-0.4, -0.2) is 23.5 Å². The van der Waals surface area contributed by atoms with Gasteiger partial charge in [-0.05, 0) is 60.5 Å². The van der Waals surface area contributed by atoms with Gasteiger partial charge in [-0.2, -0.15) is 13.2 Å². The zero-order valence-corrected chi connectivity index (χ0v) is 22.5. The van der Waals surface area contributed by atoms with Crippen LogP contribution in [-0.2, 0) is 22.7 Å². The molecule has 4 rings (SSSR count). The van der Waals surface area contributed by atoms with Crippen LogP contribution < -0.4 is 0 Å². The number of nitro groups is 1. The third-order valence-electron chi connectivity index (χ3n) is 6.00. The van der Waals surface area contributed by atoms with Gasteiger partial charge in [0.1, 0.15) is 5.84 Å². The van der Waals surface area contributed by atoms with Crippen LogP contribution in [0.3, 0.4) is 0 Å². The molecule has 0 saturated heterocycles. The molecule has 0 radical (unpaired) electrons. The quantitative estimate of drug-likeness (QED) is 0.0932. The third-order valence-corrected chi connectivity index (χ3v) is 7.76. The number of non-ortho nitro benzene ring substituents is 1. The van der Waals surface area contributed by atoms with Gasteiger partial charge in [0.05, 0.1) is 27.6 Å². The first kappa shape index (κ1) is 29.2. The number of amidine groups is 1. The molecule has 0 heterocycles. The number of aliphatic imine (C=N–C) groups is 1. The number of nitrogens with zero attached hydrogens (tertiary/aromatic N) is 3. The predicted octanol–water partition coefficient (Wildman–Crippen LogP) is 7.56. The van der Waals surface area contributed by atoms with E-state index in [1.807, 2.05) is 31.2 Å². The number of halogens is 3. The molecule has 0 aliphatic heterocycles. The smallest absolute Gasteiger partial charge is 0.258 e. The Labute approximate surface area is 235 Å². The van der Waals surface area contributed by atoms with Crippen LogP contribution in [0.1, 0.15) is 22.3 Å². The zero-order valence-electron chi connectivity index (χ0n) is 21.7. The topological polar surface area (TPSA) is 92.9 Å². The fourth-order valence-corrected chi connectivity index (χ4v) is 5.19. The molecule has 0 unspecified atom stereocenters. The van der Waals surface area contributed by atoms with Gasteiger partial charge in [-0.25, -0.2) is 17.7 Å². The van der Waals surface area contributed by atoms with Crippen LogP contribution in [0.2, 0.25) is 0 Å². The Balaban J connectivity index is 1.86. The number of rotatable bonds is 8. The second-order valence-electron chi connectivity index (χ2n) is 9.01. The van der Waals surface area contributed by atoms with Crippen molar-refractivity contribution in [1.29, 1.82) is 0 Å². The van der Waals surface area contributed by atoms with Crippen molar-refractivity contribution in [2.45, 2.75) is 24.5 Å². The van der Waals surface area contributed by atoms with E-state index < -0.39 is 26.7 Å². The highest BCUT2D eigenvalue weighted by Gasteiger charge is 2.30. The Kier molecular flexibility index (Phi) is 8.68. The van der Waals surface area contributed by atoms with Crippen molar-refractivity contribution in [1.82, 2.24) is 4.31 Å². The number of nitro benzene ring substituents is 1. The fraction of sp³-hybridized carbons (Fsp3) is 0.100. The first-order valence-electron chi connectivity index (χ1n) is 12.3. The molecule has 0 fully saturated rings. The minimum atomic E-state index is -4.55. The third kappa shape index (κ3) is 7.46. The van der Waals surface area contributed by atoms with E-state index in [0.29, 0.717) is 5.56 Å². The number of benzene rings is 4. The van der Waals surface area contributed by atoms with Crippen molar-refractivity contribution in [3.63, 3.8) is 0 Å². The molecule has 0 bridgehead atoms. The van der Waals surface area contributed by atoms with E-state index >= 15 is 0 Å². The second-order valence-corrected chi connectivity index (χ2v) is 10.9. The maximum absolute atomic E-state index is 14.0. The summed E-state index contributed by atoms with van der Waals surface area (Å²) in [6.45, 7) is 1.75. The molecule has 210 valence electrons. The van der Waals surface area contributed by atoms with Gasteiger partial charge < -0.3 is 0 Å². The number of aryl methyl sites for hydroxylation is 1. The normalized spacial score (nSPS) is 12.4. The van der Waals surface area contributed by atoms with Crippen molar-refractivity contribution in [3.05, 3.63) is 142 Å². The Bertz CT molecular complexity index is 1670. The molecule has 0 aromatic heterocycles. The Morgan fingerprint density at radius 2 is 1.51 bits per heavy atom. The lowest BCUT2D eigenvalue weighted by Gasteiger charge is -2.25. The first-order valence-corrected chi connectivity index (χ1v) is 13.7.